The summed E-state index contributed by atoms with van der Waals surface area (Å²) in [5.41, 5.74) is 2.22. The third-order valence-electron chi connectivity index (χ3n) is 3.56. The molecule has 0 aromatic carbocycles. The number of thiazole rings is 1. The van der Waals surface area contributed by atoms with E-state index in [9.17, 15) is 4.79 Å². The van der Waals surface area contributed by atoms with Gasteiger partial charge in [-0.1, -0.05) is 0 Å². The minimum absolute atomic E-state index is 0.223. The van der Waals surface area contributed by atoms with Gasteiger partial charge in [-0.3, -0.25) is 9.69 Å². The van der Waals surface area contributed by atoms with Crippen LogP contribution >= 0.6 is 22.7 Å². The number of carbonyl (C=O) groups is 1. The molecule has 1 saturated heterocycles. The van der Waals surface area contributed by atoms with Gasteiger partial charge in [0.25, 0.3) is 0 Å². The summed E-state index contributed by atoms with van der Waals surface area (Å²) in [6, 6.07) is 2.08. The third kappa shape index (κ3) is 3.08. The van der Waals surface area contributed by atoms with E-state index < -0.39 is 5.97 Å². The van der Waals surface area contributed by atoms with Crippen LogP contribution in [-0.2, 0) is 11.3 Å². The first-order chi connectivity index (χ1) is 9.72. The highest BCUT2D eigenvalue weighted by Crippen LogP contribution is 2.27. The molecule has 20 heavy (non-hydrogen) atoms. The topological polar surface area (TPSA) is 53.4 Å². The van der Waals surface area contributed by atoms with Crippen LogP contribution in [0.3, 0.4) is 0 Å². The van der Waals surface area contributed by atoms with Crippen molar-refractivity contribution in [1.82, 2.24) is 9.88 Å². The number of hydrogen-bond acceptors (Lipinski definition) is 5. The third-order valence-corrected chi connectivity index (χ3v) is 5.18. The van der Waals surface area contributed by atoms with Gasteiger partial charge in [0, 0.05) is 29.4 Å². The molecule has 0 saturated carbocycles. The lowest BCUT2D eigenvalue weighted by Gasteiger charge is -2.29. The molecule has 106 valence electrons. The lowest BCUT2D eigenvalue weighted by molar-refractivity contribution is -0.143. The first kappa shape index (κ1) is 13.7. The van der Waals surface area contributed by atoms with Crippen LogP contribution in [0.4, 0.5) is 0 Å². The largest absolute Gasteiger partial charge is 0.481 e. The molecule has 1 atom stereocenters. The zero-order valence-electron chi connectivity index (χ0n) is 11.0. The molecular weight excluding hydrogens is 292 g/mol. The van der Waals surface area contributed by atoms with Gasteiger partial charge in [0.2, 0.25) is 0 Å². The van der Waals surface area contributed by atoms with E-state index in [0.29, 0.717) is 6.54 Å². The standard InChI is InChI=1S/C14H16N2O2S2/c17-14(18)10-2-1-4-16(6-10)7-12-9-20-13(15-12)11-3-5-19-8-11/h3,5,8-10H,1-2,4,6-7H2,(H,17,18). The summed E-state index contributed by atoms with van der Waals surface area (Å²) in [5, 5.41) is 16.4. The predicted octanol–water partition coefficient (Wildman–Crippen LogP) is 3.17. The van der Waals surface area contributed by atoms with Gasteiger partial charge >= 0.3 is 5.97 Å². The molecule has 4 nitrogen and oxygen atoms in total. The normalized spacial score (nSPS) is 20.1. The first-order valence-electron chi connectivity index (χ1n) is 6.64. The summed E-state index contributed by atoms with van der Waals surface area (Å²) in [6.45, 7) is 2.36. The number of carboxylic acid groups (broad SMARTS) is 1. The predicted molar refractivity (Wildman–Crippen MR) is 81.1 cm³/mol. The molecule has 3 heterocycles. The highest BCUT2D eigenvalue weighted by Gasteiger charge is 2.25. The van der Waals surface area contributed by atoms with Crippen molar-refractivity contribution >= 4 is 28.6 Å². The Kier molecular flexibility index (Phi) is 4.14. The number of carboxylic acids is 1. The molecule has 1 aliphatic rings. The van der Waals surface area contributed by atoms with Crippen LogP contribution in [0.15, 0.2) is 22.2 Å². The summed E-state index contributed by atoms with van der Waals surface area (Å²) >= 11 is 3.33. The summed E-state index contributed by atoms with van der Waals surface area (Å²) in [4.78, 5) is 17.9. The quantitative estimate of drug-likeness (QED) is 0.942. The van der Waals surface area contributed by atoms with E-state index in [2.05, 4.69) is 32.1 Å². The van der Waals surface area contributed by atoms with Crippen LogP contribution < -0.4 is 0 Å². The zero-order chi connectivity index (χ0) is 13.9. The molecule has 0 spiro atoms. The second-order valence-electron chi connectivity index (χ2n) is 5.07. The number of likely N-dealkylation sites (tertiary alicyclic amines) is 1. The first-order valence-corrected chi connectivity index (χ1v) is 8.47. The van der Waals surface area contributed by atoms with Crippen molar-refractivity contribution in [1.29, 1.82) is 0 Å². The van der Waals surface area contributed by atoms with E-state index in [0.717, 1.165) is 36.6 Å². The molecule has 0 radical (unpaired) electrons. The highest BCUT2D eigenvalue weighted by atomic mass is 32.1. The van der Waals surface area contributed by atoms with E-state index in [-0.39, 0.29) is 5.92 Å². The molecular formula is C14H16N2O2S2. The Labute approximate surface area is 125 Å². The van der Waals surface area contributed by atoms with Gasteiger partial charge in [0.15, 0.2) is 0 Å². The van der Waals surface area contributed by atoms with Gasteiger partial charge < -0.3 is 5.11 Å². The molecule has 1 N–H and O–H groups in total. The van der Waals surface area contributed by atoms with Crippen LogP contribution in [-0.4, -0.2) is 34.0 Å². The summed E-state index contributed by atoms with van der Waals surface area (Å²) < 4.78 is 0. The fourth-order valence-corrected chi connectivity index (χ4v) is 4.05. The van der Waals surface area contributed by atoms with E-state index in [1.807, 2.05) is 0 Å². The smallest absolute Gasteiger partial charge is 0.307 e. The Hall–Kier alpha value is -1.24. The second-order valence-corrected chi connectivity index (χ2v) is 6.71. The highest BCUT2D eigenvalue weighted by molar-refractivity contribution is 7.14. The molecule has 2 aromatic heterocycles. The Morgan fingerprint density at radius 1 is 1.50 bits per heavy atom. The van der Waals surface area contributed by atoms with E-state index in [1.165, 1.54) is 5.56 Å². The Morgan fingerprint density at radius 2 is 2.40 bits per heavy atom. The number of nitrogens with zero attached hydrogens (tertiary/aromatic N) is 2. The number of thiophene rings is 1. The average Bonchev–Trinajstić information content (AvgIpc) is 3.09. The van der Waals surface area contributed by atoms with Gasteiger partial charge in [-0.25, -0.2) is 4.98 Å². The molecule has 1 fully saturated rings. The maximum absolute atomic E-state index is 11.1. The Morgan fingerprint density at radius 3 is 3.15 bits per heavy atom. The van der Waals surface area contributed by atoms with Crippen molar-refractivity contribution in [2.75, 3.05) is 13.1 Å². The summed E-state index contributed by atoms with van der Waals surface area (Å²) in [7, 11) is 0. The lowest BCUT2D eigenvalue weighted by atomic mass is 9.98. The van der Waals surface area contributed by atoms with Crippen LogP contribution in [0.1, 0.15) is 18.5 Å². The maximum Gasteiger partial charge on any atom is 0.307 e. The fourth-order valence-electron chi connectivity index (χ4n) is 2.53. The van der Waals surface area contributed by atoms with Gasteiger partial charge in [0.05, 0.1) is 11.6 Å². The molecule has 0 aliphatic carbocycles. The van der Waals surface area contributed by atoms with Gasteiger partial charge in [-0.15, -0.1) is 11.3 Å². The molecule has 2 aromatic rings. The van der Waals surface area contributed by atoms with Gasteiger partial charge in [-0.2, -0.15) is 11.3 Å². The van der Waals surface area contributed by atoms with Crippen molar-refractivity contribution in [2.45, 2.75) is 19.4 Å². The SMILES string of the molecule is O=C(O)C1CCCN(Cc2csc(-c3ccsc3)n2)C1. The molecule has 6 heteroatoms. The van der Waals surface area contributed by atoms with E-state index >= 15 is 0 Å². The minimum atomic E-state index is -0.674. The summed E-state index contributed by atoms with van der Waals surface area (Å²) in [6.07, 6.45) is 1.75. The Balaban J connectivity index is 1.64. The Bertz CT molecular complexity index is 580. The van der Waals surface area contributed by atoms with Crippen molar-refractivity contribution in [3.63, 3.8) is 0 Å². The number of piperidine rings is 1. The molecule has 3 rings (SSSR count). The second kappa shape index (κ2) is 6.03. The molecule has 0 bridgehead atoms. The fraction of sp³-hybridized carbons (Fsp3) is 0.429. The van der Waals surface area contributed by atoms with Crippen molar-refractivity contribution in [3.8, 4) is 10.6 Å². The van der Waals surface area contributed by atoms with Gasteiger partial charge in [-0.05, 0) is 30.8 Å². The van der Waals surface area contributed by atoms with Crippen molar-refractivity contribution in [3.05, 3.63) is 27.9 Å². The van der Waals surface area contributed by atoms with Crippen LogP contribution in [0.25, 0.3) is 10.6 Å². The van der Waals surface area contributed by atoms with Crippen molar-refractivity contribution < 1.29 is 9.90 Å². The average molecular weight is 308 g/mol. The molecule has 0 amide bonds. The maximum atomic E-state index is 11.1. The van der Waals surface area contributed by atoms with E-state index in [4.69, 9.17) is 5.11 Å². The lowest BCUT2D eigenvalue weighted by Crippen LogP contribution is -2.38. The van der Waals surface area contributed by atoms with Crippen LogP contribution in [0.2, 0.25) is 0 Å². The number of aliphatic carboxylic acids is 1. The van der Waals surface area contributed by atoms with Crippen LogP contribution in [0, 0.1) is 5.92 Å². The monoisotopic (exact) mass is 308 g/mol. The van der Waals surface area contributed by atoms with Gasteiger partial charge in [0.1, 0.15) is 5.01 Å². The number of hydrogen-bond donors (Lipinski definition) is 1. The number of aromatic nitrogens is 1. The summed E-state index contributed by atoms with van der Waals surface area (Å²) in [5.74, 6) is -0.898. The number of rotatable bonds is 4. The molecule has 1 aliphatic heterocycles. The minimum Gasteiger partial charge on any atom is -0.481 e. The van der Waals surface area contributed by atoms with Crippen molar-refractivity contribution in [2.24, 2.45) is 5.92 Å². The van der Waals surface area contributed by atoms with Crippen LogP contribution in [0.5, 0.6) is 0 Å². The zero-order valence-corrected chi connectivity index (χ0v) is 12.6. The van der Waals surface area contributed by atoms with E-state index in [1.54, 1.807) is 22.7 Å². The molecule has 1 unspecified atom stereocenters.